The molecule has 1 aromatic carbocycles. The summed E-state index contributed by atoms with van der Waals surface area (Å²) in [5, 5.41) is 4.43. The summed E-state index contributed by atoms with van der Waals surface area (Å²) < 4.78 is 7.12. The van der Waals surface area contributed by atoms with Crippen molar-refractivity contribution >= 4 is 5.91 Å². The maximum atomic E-state index is 12.7. The van der Waals surface area contributed by atoms with Crippen molar-refractivity contribution in [2.24, 2.45) is 13.0 Å². The maximum absolute atomic E-state index is 12.7. The molecule has 0 bridgehead atoms. The van der Waals surface area contributed by atoms with Gasteiger partial charge in [-0.2, -0.15) is 5.10 Å². The van der Waals surface area contributed by atoms with E-state index < -0.39 is 0 Å². The lowest BCUT2D eigenvalue weighted by molar-refractivity contribution is -0.134. The Balaban J connectivity index is 2.04. The van der Waals surface area contributed by atoms with Crippen LogP contribution in [0.15, 0.2) is 24.3 Å². The summed E-state index contributed by atoms with van der Waals surface area (Å²) >= 11 is 0. The first-order valence-electron chi connectivity index (χ1n) is 8.20. The minimum Gasteiger partial charge on any atom is -0.497 e. The van der Waals surface area contributed by atoms with Crippen molar-refractivity contribution in [2.45, 2.75) is 33.7 Å². The normalized spacial score (nSPS) is 12.1. The van der Waals surface area contributed by atoms with E-state index in [-0.39, 0.29) is 11.8 Å². The van der Waals surface area contributed by atoms with Crippen LogP contribution in [-0.2, 0) is 24.8 Å². The fourth-order valence-electron chi connectivity index (χ4n) is 3.01. The van der Waals surface area contributed by atoms with Crippen LogP contribution in [0.5, 0.6) is 5.75 Å². The summed E-state index contributed by atoms with van der Waals surface area (Å²) in [4.78, 5) is 14.5. The van der Waals surface area contributed by atoms with Gasteiger partial charge in [-0.3, -0.25) is 9.48 Å². The number of carbonyl (C=O) groups excluding carboxylic acids is 1. The highest BCUT2D eigenvalue weighted by molar-refractivity contribution is 5.78. The van der Waals surface area contributed by atoms with Crippen molar-refractivity contribution in [1.82, 2.24) is 14.7 Å². The predicted molar refractivity (Wildman–Crippen MR) is 95.0 cm³/mol. The Bertz CT molecular complexity index is 721. The van der Waals surface area contributed by atoms with Crippen molar-refractivity contribution < 1.29 is 9.53 Å². The lowest BCUT2D eigenvalue weighted by atomic mass is 9.98. The van der Waals surface area contributed by atoms with Gasteiger partial charge < -0.3 is 9.64 Å². The molecule has 1 amide bonds. The van der Waals surface area contributed by atoms with Gasteiger partial charge in [0.15, 0.2) is 0 Å². The lowest BCUT2D eigenvalue weighted by Gasteiger charge is -2.22. The first kappa shape index (κ1) is 18.0. The zero-order valence-electron chi connectivity index (χ0n) is 15.5. The van der Waals surface area contributed by atoms with Crippen molar-refractivity contribution in [3.05, 3.63) is 46.8 Å². The number of hydrogen-bond acceptors (Lipinski definition) is 3. The maximum Gasteiger partial charge on any atom is 0.225 e. The van der Waals surface area contributed by atoms with E-state index in [0.29, 0.717) is 13.0 Å². The average molecular weight is 329 g/mol. The van der Waals surface area contributed by atoms with E-state index in [1.54, 1.807) is 12.0 Å². The van der Waals surface area contributed by atoms with Gasteiger partial charge in [0.2, 0.25) is 5.91 Å². The minimum absolute atomic E-state index is 0.0813. The second kappa shape index (κ2) is 7.51. The Morgan fingerprint density at radius 2 is 2.08 bits per heavy atom. The highest BCUT2D eigenvalue weighted by Crippen LogP contribution is 2.19. The molecule has 5 nitrogen and oxygen atoms in total. The molecule has 24 heavy (non-hydrogen) atoms. The van der Waals surface area contributed by atoms with Crippen LogP contribution in [0, 0.1) is 19.8 Å². The summed E-state index contributed by atoms with van der Waals surface area (Å²) in [5.41, 5.74) is 4.37. The van der Waals surface area contributed by atoms with Crippen LogP contribution in [0.3, 0.4) is 0 Å². The fraction of sp³-hybridized carbons (Fsp3) is 0.474. The molecule has 130 valence electrons. The molecule has 0 fully saturated rings. The van der Waals surface area contributed by atoms with Crippen LogP contribution in [0.25, 0.3) is 0 Å². The third-order valence-electron chi connectivity index (χ3n) is 4.52. The summed E-state index contributed by atoms with van der Waals surface area (Å²) in [5.74, 6) is 0.866. The molecule has 1 atom stereocenters. The van der Waals surface area contributed by atoms with Crippen LogP contribution >= 0.6 is 0 Å². The molecule has 0 aliphatic rings. The highest BCUT2D eigenvalue weighted by Gasteiger charge is 2.21. The summed E-state index contributed by atoms with van der Waals surface area (Å²) in [7, 11) is 5.43. The van der Waals surface area contributed by atoms with Crippen LogP contribution in [-0.4, -0.2) is 34.7 Å². The van der Waals surface area contributed by atoms with Crippen molar-refractivity contribution in [3.8, 4) is 5.75 Å². The van der Waals surface area contributed by atoms with E-state index >= 15 is 0 Å². The Labute approximate surface area is 144 Å². The van der Waals surface area contributed by atoms with E-state index in [1.165, 1.54) is 5.56 Å². The molecule has 0 N–H and O–H groups in total. The number of benzene rings is 1. The van der Waals surface area contributed by atoms with Gasteiger partial charge in [-0.05, 0) is 43.5 Å². The number of rotatable bonds is 6. The second-order valence-corrected chi connectivity index (χ2v) is 6.42. The monoisotopic (exact) mass is 329 g/mol. The molecule has 0 radical (unpaired) electrons. The summed E-state index contributed by atoms with van der Waals surface area (Å²) in [6.07, 6.45) is 0.715. The number of aryl methyl sites for hydroxylation is 2. The van der Waals surface area contributed by atoms with Gasteiger partial charge in [0.1, 0.15) is 5.75 Å². The van der Waals surface area contributed by atoms with Crippen LogP contribution in [0.2, 0.25) is 0 Å². The molecule has 0 saturated carbocycles. The van der Waals surface area contributed by atoms with Crippen LogP contribution < -0.4 is 4.74 Å². The molecule has 0 aliphatic carbocycles. The Morgan fingerprint density at radius 1 is 1.38 bits per heavy atom. The van der Waals surface area contributed by atoms with Crippen molar-refractivity contribution in [2.75, 3.05) is 14.2 Å². The molecule has 1 aromatic heterocycles. The quantitative estimate of drug-likeness (QED) is 0.819. The third kappa shape index (κ3) is 3.96. The number of carbonyl (C=O) groups is 1. The summed E-state index contributed by atoms with van der Waals surface area (Å²) in [6.45, 7) is 6.60. The first-order valence-corrected chi connectivity index (χ1v) is 8.20. The molecule has 0 spiro atoms. The Kier molecular flexibility index (Phi) is 5.65. The molecular formula is C19H27N3O2. The van der Waals surface area contributed by atoms with Gasteiger partial charge in [-0.1, -0.05) is 19.1 Å². The fourth-order valence-corrected chi connectivity index (χ4v) is 3.01. The zero-order chi connectivity index (χ0) is 17.9. The van der Waals surface area contributed by atoms with E-state index in [1.807, 2.05) is 63.8 Å². The van der Waals surface area contributed by atoms with E-state index in [2.05, 4.69) is 5.10 Å². The van der Waals surface area contributed by atoms with E-state index in [4.69, 9.17) is 4.74 Å². The Hall–Kier alpha value is -2.30. The van der Waals surface area contributed by atoms with Gasteiger partial charge in [0.05, 0.1) is 12.8 Å². The van der Waals surface area contributed by atoms with Crippen LogP contribution in [0.1, 0.15) is 29.4 Å². The number of nitrogens with zero attached hydrogens (tertiary/aromatic N) is 3. The van der Waals surface area contributed by atoms with Gasteiger partial charge in [-0.25, -0.2) is 0 Å². The zero-order valence-corrected chi connectivity index (χ0v) is 15.5. The van der Waals surface area contributed by atoms with E-state index in [0.717, 1.165) is 22.7 Å². The molecule has 2 rings (SSSR count). The molecule has 5 heteroatoms. The highest BCUT2D eigenvalue weighted by atomic mass is 16.5. The van der Waals surface area contributed by atoms with Gasteiger partial charge in [0, 0.05) is 32.3 Å². The first-order chi connectivity index (χ1) is 11.3. The molecule has 0 unspecified atom stereocenters. The molecule has 1 heterocycles. The number of methoxy groups -OCH3 is 1. The third-order valence-corrected chi connectivity index (χ3v) is 4.52. The molecule has 2 aromatic rings. The topological polar surface area (TPSA) is 47.4 Å². The molecule has 0 aliphatic heterocycles. The van der Waals surface area contributed by atoms with Gasteiger partial charge in [-0.15, -0.1) is 0 Å². The minimum atomic E-state index is -0.0813. The number of ether oxygens (including phenoxy) is 1. The smallest absolute Gasteiger partial charge is 0.225 e. The van der Waals surface area contributed by atoms with Gasteiger partial charge in [0.25, 0.3) is 0 Å². The number of hydrogen-bond donors (Lipinski definition) is 0. The number of aromatic nitrogens is 2. The number of amides is 1. The van der Waals surface area contributed by atoms with E-state index in [9.17, 15) is 4.79 Å². The average Bonchev–Trinajstić information content (AvgIpc) is 2.80. The molecular weight excluding hydrogens is 302 g/mol. The standard InChI is InChI=1S/C19H27N3O2/c1-13(10-18-14(2)20-22(5)15(18)3)19(23)21(4)12-16-8-7-9-17(11-16)24-6/h7-9,11,13H,10,12H2,1-6H3/t13-/m1/s1. The SMILES string of the molecule is COc1cccc(CN(C)C(=O)[C@H](C)Cc2c(C)nn(C)c2C)c1. The van der Waals surface area contributed by atoms with Gasteiger partial charge >= 0.3 is 0 Å². The predicted octanol–water partition coefficient (Wildman–Crippen LogP) is 2.88. The largest absolute Gasteiger partial charge is 0.497 e. The Morgan fingerprint density at radius 3 is 2.67 bits per heavy atom. The van der Waals surface area contributed by atoms with Crippen molar-refractivity contribution in [1.29, 1.82) is 0 Å². The lowest BCUT2D eigenvalue weighted by Crippen LogP contribution is -2.32. The second-order valence-electron chi connectivity index (χ2n) is 6.42. The summed E-state index contributed by atoms with van der Waals surface area (Å²) in [6, 6.07) is 7.82. The van der Waals surface area contributed by atoms with Crippen molar-refractivity contribution in [3.63, 3.8) is 0 Å². The molecule has 0 saturated heterocycles. The van der Waals surface area contributed by atoms with Crippen LogP contribution in [0.4, 0.5) is 0 Å².